The second-order valence-corrected chi connectivity index (χ2v) is 6.43. The van der Waals surface area contributed by atoms with E-state index in [1.54, 1.807) is 13.8 Å². The number of ether oxygens (including phenoxy) is 2. The van der Waals surface area contributed by atoms with Gasteiger partial charge < -0.3 is 9.47 Å². The molecule has 0 aliphatic carbocycles. The number of esters is 1. The number of rotatable bonds is 4. The summed E-state index contributed by atoms with van der Waals surface area (Å²) in [5.74, 6) is -0.636. The average molecular weight is 308 g/mol. The van der Waals surface area contributed by atoms with Crippen LogP contribution >= 0.6 is 0 Å². The Balaban J connectivity index is 2.55. The molecular formula is C11H20N2O6S. The van der Waals surface area contributed by atoms with Crippen molar-refractivity contribution in [1.29, 1.82) is 0 Å². The van der Waals surface area contributed by atoms with Crippen LogP contribution in [0.15, 0.2) is 0 Å². The first-order valence-electron chi connectivity index (χ1n) is 6.32. The zero-order valence-electron chi connectivity index (χ0n) is 11.8. The lowest BCUT2D eigenvalue weighted by atomic mass is 9.99. The van der Waals surface area contributed by atoms with Crippen LogP contribution in [0, 0.1) is 5.92 Å². The predicted molar refractivity (Wildman–Crippen MR) is 70.0 cm³/mol. The lowest BCUT2D eigenvalue weighted by molar-refractivity contribution is -0.146. The first-order valence-corrected chi connectivity index (χ1v) is 7.76. The number of nitrogens with zero attached hydrogens (tertiary/aromatic N) is 1. The van der Waals surface area contributed by atoms with Gasteiger partial charge in [-0.1, -0.05) is 0 Å². The van der Waals surface area contributed by atoms with Crippen LogP contribution in [0.2, 0.25) is 0 Å². The molecule has 1 aliphatic heterocycles. The lowest BCUT2D eigenvalue weighted by Gasteiger charge is -2.29. The number of carbonyl (C=O) groups excluding carboxylic acids is 2. The fourth-order valence-corrected chi connectivity index (χ4v) is 2.99. The normalized spacial score (nSPS) is 17.8. The van der Waals surface area contributed by atoms with Crippen LogP contribution in [-0.2, 0) is 24.5 Å². The monoisotopic (exact) mass is 308 g/mol. The Morgan fingerprint density at radius 1 is 1.25 bits per heavy atom. The summed E-state index contributed by atoms with van der Waals surface area (Å²) in [6.45, 7) is 3.55. The topological polar surface area (TPSA) is 102 Å². The molecule has 116 valence electrons. The van der Waals surface area contributed by atoms with Gasteiger partial charge in [-0.25, -0.2) is 9.52 Å². The van der Waals surface area contributed by atoms with Crippen molar-refractivity contribution in [3.63, 3.8) is 0 Å². The van der Waals surface area contributed by atoms with Gasteiger partial charge in [-0.05, 0) is 26.7 Å². The molecule has 1 saturated heterocycles. The second-order valence-electron chi connectivity index (χ2n) is 4.76. The number of nitrogens with one attached hydrogen (secondary N) is 1. The van der Waals surface area contributed by atoms with Crippen molar-refractivity contribution in [1.82, 2.24) is 9.03 Å². The molecule has 1 amide bonds. The number of hydrogen-bond donors (Lipinski definition) is 1. The van der Waals surface area contributed by atoms with Gasteiger partial charge >= 0.3 is 22.3 Å². The van der Waals surface area contributed by atoms with Crippen LogP contribution in [0.3, 0.4) is 0 Å². The number of methoxy groups -OCH3 is 1. The highest BCUT2D eigenvalue weighted by Crippen LogP contribution is 2.20. The number of amides is 1. The van der Waals surface area contributed by atoms with Crippen molar-refractivity contribution in [2.24, 2.45) is 5.92 Å². The van der Waals surface area contributed by atoms with Crippen LogP contribution in [-0.4, -0.2) is 51.1 Å². The van der Waals surface area contributed by atoms with E-state index in [4.69, 9.17) is 4.74 Å². The quantitative estimate of drug-likeness (QED) is 0.747. The van der Waals surface area contributed by atoms with E-state index in [-0.39, 0.29) is 25.0 Å². The SMILES string of the molecule is COC(=O)C1CCN(S(=O)(=O)NC(=O)OC(C)C)CC1. The lowest BCUT2D eigenvalue weighted by Crippen LogP contribution is -2.48. The Morgan fingerprint density at radius 3 is 2.25 bits per heavy atom. The molecule has 1 fully saturated rings. The summed E-state index contributed by atoms with van der Waals surface area (Å²) in [4.78, 5) is 22.7. The van der Waals surface area contributed by atoms with Crippen molar-refractivity contribution in [3.05, 3.63) is 0 Å². The summed E-state index contributed by atoms with van der Waals surface area (Å²) in [7, 11) is -2.63. The summed E-state index contributed by atoms with van der Waals surface area (Å²) in [6.07, 6.45) is -0.676. The van der Waals surface area contributed by atoms with Gasteiger partial charge in [0.05, 0.1) is 19.1 Å². The molecule has 0 radical (unpaired) electrons. The van der Waals surface area contributed by atoms with Crippen LogP contribution < -0.4 is 4.72 Å². The molecule has 1 rings (SSSR count). The average Bonchev–Trinajstić information content (AvgIpc) is 2.36. The van der Waals surface area contributed by atoms with E-state index in [0.717, 1.165) is 4.31 Å². The van der Waals surface area contributed by atoms with Crippen molar-refractivity contribution < 1.29 is 27.5 Å². The molecule has 8 nitrogen and oxygen atoms in total. The van der Waals surface area contributed by atoms with Crippen LogP contribution in [0.1, 0.15) is 26.7 Å². The minimum absolute atomic E-state index is 0.157. The summed E-state index contributed by atoms with van der Waals surface area (Å²) in [5, 5.41) is 0. The van der Waals surface area contributed by atoms with Gasteiger partial charge in [0.2, 0.25) is 0 Å². The zero-order valence-corrected chi connectivity index (χ0v) is 12.6. The highest BCUT2D eigenvalue weighted by atomic mass is 32.2. The van der Waals surface area contributed by atoms with E-state index in [2.05, 4.69) is 4.74 Å². The molecule has 1 aliphatic rings. The van der Waals surface area contributed by atoms with Gasteiger partial charge in [0.1, 0.15) is 0 Å². The Morgan fingerprint density at radius 2 is 1.80 bits per heavy atom. The molecule has 1 N–H and O–H groups in total. The Labute approximate surface area is 118 Å². The third kappa shape index (κ3) is 4.64. The largest absolute Gasteiger partial charge is 0.469 e. The van der Waals surface area contributed by atoms with Crippen molar-refractivity contribution in [2.45, 2.75) is 32.8 Å². The second kappa shape index (κ2) is 6.89. The molecule has 0 bridgehead atoms. The van der Waals surface area contributed by atoms with Crippen molar-refractivity contribution in [2.75, 3.05) is 20.2 Å². The molecule has 20 heavy (non-hydrogen) atoms. The van der Waals surface area contributed by atoms with E-state index in [1.165, 1.54) is 7.11 Å². The van der Waals surface area contributed by atoms with Crippen LogP contribution in [0.5, 0.6) is 0 Å². The van der Waals surface area contributed by atoms with Crippen molar-refractivity contribution >= 4 is 22.3 Å². The van der Waals surface area contributed by atoms with E-state index >= 15 is 0 Å². The summed E-state index contributed by atoms with van der Waals surface area (Å²) < 4.78 is 36.1. The Bertz CT molecular complexity index is 454. The van der Waals surface area contributed by atoms with E-state index in [9.17, 15) is 18.0 Å². The fourth-order valence-electron chi connectivity index (χ4n) is 1.91. The maximum atomic E-state index is 11.9. The van der Waals surface area contributed by atoms with Gasteiger partial charge in [0, 0.05) is 13.1 Å². The van der Waals surface area contributed by atoms with Gasteiger partial charge in [-0.15, -0.1) is 0 Å². The van der Waals surface area contributed by atoms with Gasteiger partial charge in [0.25, 0.3) is 0 Å². The van der Waals surface area contributed by atoms with E-state index in [1.807, 2.05) is 4.72 Å². The molecule has 1 heterocycles. The van der Waals surface area contributed by atoms with E-state index in [0.29, 0.717) is 12.8 Å². The highest BCUT2D eigenvalue weighted by Gasteiger charge is 2.32. The minimum Gasteiger partial charge on any atom is -0.469 e. The number of carbonyl (C=O) groups is 2. The Kier molecular flexibility index (Phi) is 5.75. The molecule has 0 spiro atoms. The molecule has 9 heteroatoms. The van der Waals surface area contributed by atoms with E-state index < -0.39 is 22.4 Å². The van der Waals surface area contributed by atoms with Crippen LogP contribution in [0.25, 0.3) is 0 Å². The molecule has 0 saturated carbocycles. The van der Waals surface area contributed by atoms with Crippen LogP contribution in [0.4, 0.5) is 4.79 Å². The molecular weight excluding hydrogens is 288 g/mol. The summed E-state index contributed by atoms with van der Waals surface area (Å²) in [5.41, 5.74) is 0. The third-order valence-corrected chi connectivity index (χ3v) is 4.35. The van der Waals surface area contributed by atoms with Gasteiger partial charge in [-0.2, -0.15) is 12.7 Å². The fraction of sp³-hybridized carbons (Fsp3) is 0.818. The first kappa shape index (κ1) is 16.7. The molecule has 0 aromatic heterocycles. The number of piperidine rings is 1. The molecule has 0 unspecified atom stereocenters. The molecule has 0 aromatic rings. The van der Waals surface area contributed by atoms with Gasteiger partial charge in [-0.3, -0.25) is 4.79 Å². The Hall–Kier alpha value is -1.35. The number of hydrogen-bond acceptors (Lipinski definition) is 6. The highest BCUT2D eigenvalue weighted by molar-refractivity contribution is 7.87. The maximum absolute atomic E-state index is 11.9. The first-order chi connectivity index (χ1) is 9.26. The van der Waals surface area contributed by atoms with Gasteiger partial charge in [0.15, 0.2) is 0 Å². The predicted octanol–water partition coefficient (Wildman–Crippen LogP) is 0.251. The van der Waals surface area contributed by atoms with Crippen molar-refractivity contribution in [3.8, 4) is 0 Å². The minimum atomic E-state index is -3.93. The maximum Gasteiger partial charge on any atom is 0.422 e. The summed E-state index contributed by atoms with van der Waals surface area (Å²) in [6, 6.07) is 0. The third-order valence-electron chi connectivity index (χ3n) is 2.88. The standard InChI is InChI=1S/C11H20N2O6S/c1-8(2)19-11(15)12-20(16,17)13-6-4-9(5-7-13)10(14)18-3/h8-9H,4-7H2,1-3H3,(H,12,15). The molecule has 0 aromatic carbocycles. The molecule has 0 atom stereocenters. The summed E-state index contributed by atoms with van der Waals surface area (Å²) >= 11 is 0. The smallest absolute Gasteiger partial charge is 0.422 e. The zero-order chi connectivity index (χ0) is 15.3.